The first-order chi connectivity index (χ1) is 13.2. The number of aromatic nitrogens is 3. The number of nitrogens with zero attached hydrogens (tertiary/aromatic N) is 4. The highest BCUT2D eigenvalue weighted by Crippen LogP contribution is 2.28. The molecule has 1 aliphatic rings. The molecule has 0 radical (unpaired) electrons. The highest BCUT2D eigenvalue weighted by Gasteiger charge is 2.28. The van der Waals surface area contributed by atoms with Gasteiger partial charge in [-0.25, -0.2) is 15.0 Å². The van der Waals surface area contributed by atoms with Gasteiger partial charge in [0.15, 0.2) is 5.89 Å². The molecule has 6 nitrogen and oxygen atoms in total. The fraction of sp³-hybridized carbons (Fsp3) is 0.300. The Morgan fingerprint density at radius 1 is 1.19 bits per heavy atom. The topological polar surface area (TPSA) is 72.1 Å². The quantitative estimate of drug-likeness (QED) is 0.687. The molecular weight excluding hydrogens is 364 g/mol. The lowest BCUT2D eigenvalue weighted by molar-refractivity contribution is 0.0697. The highest BCUT2D eigenvalue weighted by atomic mass is 35.5. The van der Waals surface area contributed by atoms with Crippen molar-refractivity contribution in [1.29, 1.82) is 0 Å². The zero-order valence-electron chi connectivity index (χ0n) is 14.7. The number of oxazole rings is 1. The summed E-state index contributed by atoms with van der Waals surface area (Å²) in [4.78, 5) is 26.8. The van der Waals surface area contributed by atoms with E-state index in [1.165, 1.54) is 6.33 Å². The molecule has 0 aliphatic carbocycles. The van der Waals surface area contributed by atoms with Crippen LogP contribution in [0, 0.1) is 0 Å². The van der Waals surface area contributed by atoms with E-state index in [1.807, 2.05) is 29.2 Å². The Morgan fingerprint density at radius 2 is 1.96 bits per heavy atom. The van der Waals surface area contributed by atoms with Crippen LogP contribution in [-0.4, -0.2) is 38.8 Å². The summed E-state index contributed by atoms with van der Waals surface area (Å²) < 4.78 is 5.98. The lowest BCUT2D eigenvalue weighted by Gasteiger charge is -2.31. The molecule has 1 aromatic carbocycles. The van der Waals surface area contributed by atoms with Crippen molar-refractivity contribution in [3.63, 3.8) is 0 Å². The van der Waals surface area contributed by atoms with Crippen LogP contribution in [0.5, 0.6) is 0 Å². The Bertz CT molecular complexity index is 911. The predicted molar refractivity (Wildman–Crippen MR) is 101 cm³/mol. The van der Waals surface area contributed by atoms with Crippen molar-refractivity contribution in [2.75, 3.05) is 13.1 Å². The van der Waals surface area contributed by atoms with Gasteiger partial charge in [-0.1, -0.05) is 23.7 Å². The van der Waals surface area contributed by atoms with Crippen LogP contribution in [0.1, 0.15) is 46.3 Å². The third-order valence-corrected chi connectivity index (χ3v) is 4.98. The van der Waals surface area contributed by atoms with Gasteiger partial charge in [0.2, 0.25) is 0 Å². The number of halogens is 1. The van der Waals surface area contributed by atoms with Gasteiger partial charge >= 0.3 is 0 Å². The van der Waals surface area contributed by atoms with Gasteiger partial charge in [0, 0.05) is 36.9 Å². The minimum atomic E-state index is -0.0479. The van der Waals surface area contributed by atoms with Gasteiger partial charge in [0.25, 0.3) is 5.91 Å². The van der Waals surface area contributed by atoms with Crippen molar-refractivity contribution in [2.24, 2.45) is 0 Å². The molecule has 0 bridgehead atoms. The van der Waals surface area contributed by atoms with Gasteiger partial charge < -0.3 is 9.32 Å². The van der Waals surface area contributed by atoms with E-state index < -0.39 is 0 Å². The van der Waals surface area contributed by atoms with E-state index in [2.05, 4.69) is 15.0 Å². The SMILES string of the molecule is O=C(c1cncnc1)N1CCC[C@H](c2ncc(Cc3ccc(Cl)cc3)o2)C1. The van der Waals surface area contributed by atoms with Crippen LogP contribution in [0.2, 0.25) is 5.02 Å². The summed E-state index contributed by atoms with van der Waals surface area (Å²) in [5.74, 6) is 1.56. The van der Waals surface area contributed by atoms with Crippen LogP contribution >= 0.6 is 11.6 Å². The zero-order chi connectivity index (χ0) is 18.6. The Kier molecular flexibility index (Phi) is 5.16. The molecule has 0 spiro atoms. The third kappa shape index (κ3) is 4.17. The van der Waals surface area contributed by atoms with Gasteiger partial charge in [0.05, 0.1) is 17.7 Å². The Morgan fingerprint density at radius 3 is 2.74 bits per heavy atom. The molecule has 1 atom stereocenters. The first-order valence-corrected chi connectivity index (χ1v) is 9.30. The first-order valence-electron chi connectivity index (χ1n) is 8.92. The fourth-order valence-corrected chi connectivity index (χ4v) is 3.48. The molecule has 0 saturated carbocycles. The Labute approximate surface area is 162 Å². The smallest absolute Gasteiger partial charge is 0.257 e. The van der Waals surface area contributed by atoms with E-state index in [9.17, 15) is 4.79 Å². The maximum absolute atomic E-state index is 12.6. The van der Waals surface area contributed by atoms with Gasteiger partial charge in [0.1, 0.15) is 12.1 Å². The molecule has 1 fully saturated rings. The molecule has 7 heteroatoms. The number of carbonyl (C=O) groups is 1. The third-order valence-electron chi connectivity index (χ3n) is 4.73. The number of rotatable bonds is 4. The second-order valence-electron chi connectivity index (χ2n) is 6.69. The predicted octanol–water partition coefficient (Wildman–Crippen LogP) is 3.73. The number of carbonyl (C=O) groups excluding carboxylic acids is 1. The minimum Gasteiger partial charge on any atom is -0.445 e. The van der Waals surface area contributed by atoms with Crippen LogP contribution in [0.3, 0.4) is 0 Å². The van der Waals surface area contributed by atoms with E-state index in [4.69, 9.17) is 16.0 Å². The molecule has 3 heterocycles. The average molecular weight is 383 g/mol. The van der Waals surface area contributed by atoms with Gasteiger partial charge in [-0.05, 0) is 30.5 Å². The summed E-state index contributed by atoms with van der Waals surface area (Å²) in [7, 11) is 0. The van der Waals surface area contributed by atoms with Gasteiger partial charge in [-0.15, -0.1) is 0 Å². The summed E-state index contributed by atoms with van der Waals surface area (Å²) in [5, 5.41) is 0.716. The summed E-state index contributed by atoms with van der Waals surface area (Å²) in [6.45, 7) is 1.32. The van der Waals surface area contributed by atoms with Crippen LogP contribution in [0.4, 0.5) is 0 Å². The van der Waals surface area contributed by atoms with E-state index >= 15 is 0 Å². The van der Waals surface area contributed by atoms with Gasteiger partial charge in [-0.3, -0.25) is 4.79 Å². The summed E-state index contributed by atoms with van der Waals surface area (Å²) in [6.07, 6.45) is 8.83. The molecule has 1 saturated heterocycles. The molecule has 3 aromatic rings. The molecular formula is C20H19ClN4O2. The number of hydrogen-bond donors (Lipinski definition) is 0. The van der Waals surface area contributed by atoms with Crippen LogP contribution in [0.25, 0.3) is 0 Å². The van der Waals surface area contributed by atoms with Crippen LogP contribution in [-0.2, 0) is 6.42 Å². The van der Waals surface area contributed by atoms with E-state index in [0.717, 1.165) is 30.7 Å². The monoisotopic (exact) mass is 382 g/mol. The number of likely N-dealkylation sites (tertiary alicyclic amines) is 1. The average Bonchev–Trinajstić information content (AvgIpc) is 3.18. The molecule has 0 N–H and O–H groups in total. The molecule has 1 amide bonds. The standard InChI is InChI=1S/C20H19ClN4O2/c21-17-5-3-14(4-6-17)8-18-11-24-19(27-18)15-2-1-7-25(12-15)20(26)16-9-22-13-23-10-16/h3-6,9-11,13,15H,1-2,7-8,12H2/t15-/m0/s1. The molecule has 0 unspecified atom stereocenters. The normalized spacial score (nSPS) is 17.1. The van der Waals surface area contributed by atoms with Crippen molar-refractivity contribution in [3.8, 4) is 0 Å². The van der Waals surface area contributed by atoms with Crippen molar-refractivity contribution in [1.82, 2.24) is 19.9 Å². The molecule has 4 rings (SSSR count). The largest absolute Gasteiger partial charge is 0.445 e. The molecule has 2 aromatic heterocycles. The molecule has 138 valence electrons. The van der Waals surface area contributed by atoms with E-state index in [0.29, 0.717) is 29.4 Å². The molecule has 27 heavy (non-hydrogen) atoms. The van der Waals surface area contributed by atoms with E-state index in [1.54, 1.807) is 18.6 Å². The van der Waals surface area contributed by atoms with Crippen molar-refractivity contribution >= 4 is 17.5 Å². The summed E-state index contributed by atoms with van der Waals surface area (Å²) in [6, 6.07) is 7.69. The summed E-state index contributed by atoms with van der Waals surface area (Å²) >= 11 is 5.93. The Balaban J connectivity index is 1.43. The van der Waals surface area contributed by atoms with E-state index in [-0.39, 0.29) is 11.8 Å². The lowest BCUT2D eigenvalue weighted by atomic mass is 9.97. The maximum atomic E-state index is 12.6. The highest BCUT2D eigenvalue weighted by molar-refractivity contribution is 6.30. The van der Waals surface area contributed by atoms with Crippen molar-refractivity contribution in [3.05, 3.63) is 77.0 Å². The number of piperidine rings is 1. The van der Waals surface area contributed by atoms with Gasteiger partial charge in [-0.2, -0.15) is 0 Å². The fourth-order valence-electron chi connectivity index (χ4n) is 3.35. The number of amides is 1. The Hall–Kier alpha value is -2.73. The maximum Gasteiger partial charge on any atom is 0.257 e. The minimum absolute atomic E-state index is 0.0479. The second-order valence-corrected chi connectivity index (χ2v) is 7.12. The summed E-state index contributed by atoms with van der Waals surface area (Å²) in [5.41, 5.74) is 1.63. The van der Waals surface area contributed by atoms with Crippen LogP contribution in [0.15, 0.2) is 53.6 Å². The second kappa shape index (κ2) is 7.88. The number of benzene rings is 1. The van der Waals surface area contributed by atoms with Crippen molar-refractivity contribution in [2.45, 2.75) is 25.2 Å². The first kappa shape index (κ1) is 17.7. The molecule has 1 aliphatic heterocycles. The number of hydrogen-bond acceptors (Lipinski definition) is 5. The lowest BCUT2D eigenvalue weighted by Crippen LogP contribution is -2.39. The van der Waals surface area contributed by atoms with Crippen LogP contribution < -0.4 is 0 Å². The zero-order valence-corrected chi connectivity index (χ0v) is 15.5. The van der Waals surface area contributed by atoms with Crippen molar-refractivity contribution < 1.29 is 9.21 Å².